The zero-order valence-electron chi connectivity index (χ0n) is 10.1. The minimum Gasteiger partial charge on any atom is -0.462 e. The number of thioether (sulfide) groups is 1. The molecule has 1 aliphatic rings. The van der Waals surface area contributed by atoms with E-state index >= 15 is 0 Å². The Morgan fingerprint density at radius 2 is 2.16 bits per heavy atom. The van der Waals surface area contributed by atoms with Crippen LogP contribution in [0.2, 0.25) is 0 Å². The molecule has 1 N–H and O–H groups in total. The van der Waals surface area contributed by atoms with Gasteiger partial charge in [-0.2, -0.15) is 4.57 Å². The highest BCUT2D eigenvalue weighted by atomic mass is 79.9. The molecule has 0 saturated carbocycles. The Labute approximate surface area is 123 Å². The van der Waals surface area contributed by atoms with E-state index in [1.165, 1.54) is 11.8 Å². The summed E-state index contributed by atoms with van der Waals surface area (Å²) in [6, 6.07) is 5.56. The number of carbonyl (C=O) groups is 2. The lowest BCUT2D eigenvalue weighted by Crippen LogP contribution is -2.41. The van der Waals surface area contributed by atoms with Crippen LogP contribution in [0.5, 0.6) is 0 Å². The van der Waals surface area contributed by atoms with Crippen molar-refractivity contribution in [3.8, 4) is 0 Å². The van der Waals surface area contributed by atoms with Crippen molar-refractivity contribution >= 4 is 39.6 Å². The average Bonchev–Trinajstić information content (AvgIpc) is 2.81. The van der Waals surface area contributed by atoms with Crippen LogP contribution < -0.4 is 9.88 Å². The monoisotopic (exact) mass is 343 g/mol. The van der Waals surface area contributed by atoms with Gasteiger partial charge in [-0.3, -0.25) is 4.79 Å². The molecule has 19 heavy (non-hydrogen) atoms. The summed E-state index contributed by atoms with van der Waals surface area (Å²) in [6.07, 6.45) is 3.61. The number of amides is 1. The number of pyridine rings is 1. The summed E-state index contributed by atoms with van der Waals surface area (Å²) in [5.41, 5.74) is 0. The minimum atomic E-state index is -0.482. The summed E-state index contributed by atoms with van der Waals surface area (Å²) in [5, 5.41) is 2.73. The van der Waals surface area contributed by atoms with Crippen molar-refractivity contribution in [3.63, 3.8) is 0 Å². The Balaban J connectivity index is 2.20. The fraction of sp³-hybridized carbons (Fsp3) is 0.250. The average molecular weight is 344 g/mol. The van der Waals surface area contributed by atoms with Gasteiger partial charge in [-0.25, -0.2) is 4.79 Å². The maximum Gasteiger partial charge on any atom is 0.347 e. The van der Waals surface area contributed by atoms with E-state index in [1.54, 1.807) is 23.9 Å². The summed E-state index contributed by atoms with van der Waals surface area (Å²) >= 11 is 4.43. The predicted molar refractivity (Wildman–Crippen MR) is 74.0 cm³/mol. The standard InChI is InChI=1S/C12H11BrN2O3S/c1-2-18-12(17)8(13)10-14-9(16)11(19-10)15-6-4-3-5-7-15/h3-7,11H,2H2,1H3/p+1. The lowest BCUT2D eigenvalue weighted by Gasteiger charge is -2.02. The molecule has 7 heteroatoms. The summed E-state index contributed by atoms with van der Waals surface area (Å²) in [6.45, 7) is 2.02. The van der Waals surface area contributed by atoms with E-state index in [9.17, 15) is 9.59 Å². The van der Waals surface area contributed by atoms with Gasteiger partial charge in [0, 0.05) is 12.1 Å². The van der Waals surface area contributed by atoms with Crippen molar-refractivity contribution in [1.29, 1.82) is 0 Å². The summed E-state index contributed by atoms with van der Waals surface area (Å²) < 4.78 is 6.90. The molecule has 1 amide bonds. The summed E-state index contributed by atoms with van der Waals surface area (Å²) in [7, 11) is 0. The summed E-state index contributed by atoms with van der Waals surface area (Å²) in [5.74, 6) is -0.651. The lowest BCUT2D eigenvalue weighted by molar-refractivity contribution is -0.686. The molecule has 0 aromatic carbocycles. The molecule has 1 fully saturated rings. The van der Waals surface area contributed by atoms with Crippen LogP contribution in [0.1, 0.15) is 12.3 Å². The van der Waals surface area contributed by atoms with E-state index < -0.39 is 11.3 Å². The quantitative estimate of drug-likeness (QED) is 0.512. The van der Waals surface area contributed by atoms with E-state index in [2.05, 4.69) is 21.2 Å². The van der Waals surface area contributed by atoms with E-state index in [-0.39, 0.29) is 17.0 Å². The summed E-state index contributed by atoms with van der Waals surface area (Å²) in [4.78, 5) is 23.5. The highest BCUT2D eigenvalue weighted by molar-refractivity contribution is 9.12. The van der Waals surface area contributed by atoms with E-state index in [1.807, 2.05) is 18.2 Å². The van der Waals surface area contributed by atoms with Crippen molar-refractivity contribution in [2.75, 3.05) is 6.61 Å². The Bertz CT molecular complexity index is 533. The molecule has 1 aromatic heterocycles. The topological polar surface area (TPSA) is 59.3 Å². The fourth-order valence-electron chi connectivity index (χ4n) is 1.53. The number of hydrogen-bond donors (Lipinski definition) is 1. The first kappa shape index (κ1) is 14.1. The molecule has 2 rings (SSSR count). The Morgan fingerprint density at radius 3 is 2.79 bits per heavy atom. The maximum absolute atomic E-state index is 11.9. The Hall–Kier alpha value is -1.34. The number of aromatic nitrogens is 1. The number of carbonyl (C=O) groups excluding carboxylic acids is 2. The van der Waals surface area contributed by atoms with Crippen LogP contribution in [0.3, 0.4) is 0 Å². The van der Waals surface area contributed by atoms with Gasteiger partial charge in [-0.05, 0) is 34.6 Å². The molecule has 2 heterocycles. The van der Waals surface area contributed by atoms with Crippen LogP contribution in [-0.2, 0) is 14.3 Å². The van der Waals surface area contributed by atoms with Gasteiger partial charge in [0.05, 0.1) is 6.61 Å². The molecule has 1 unspecified atom stereocenters. The SMILES string of the molecule is CCOC(=O)C(Br)=C1NC(=O)C([n+]2ccccc2)S1. The van der Waals surface area contributed by atoms with Crippen LogP contribution in [-0.4, -0.2) is 18.5 Å². The third-order valence-electron chi connectivity index (χ3n) is 2.35. The van der Waals surface area contributed by atoms with Gasteiger partial charge < -0.3 is 10.1 Å². The zero-order valence-corrected chi connectivity index (χ0v) is 12.5. The van der Waals surface area contributed by atoms with Gasteiger partial charge in [0.15, 0.2) is 12.4 Å². The number of esters is 1. The molecule has 0 bridgehead atoms. The first-order valence-electron chi connectivity index (χ1n) is 5.63. The third kappa shape index (κ3) is 3.16. The molecule has 5 nitrogen and oxygen atoms in total. The largest absolute Gasteiger partial charge is 0.462 e. The molecule has 1 aliphatic heterocycles. The highest BCUT2D eigenvalue weighted by Gasteiger charge is 2.38. The van der Waals surface area contributed by atoms with E-state index in [0.717, 1.165) is 0 Å². The van der Waals surface area contributed by atoms with Gasteiger partial charge in [-0.1, -0.05) is 6.07 Å². The minimum absolute atomic E-state index is 0.169. The van der Waals surface area contributed by atoms with Crippen LogP contribution in [0.4, 0.5) is 0 Å². The maximum atomic E-state index is 11.9. The van der Waals surface area contributed by atoms with Crippen molar-refractivity contribution in [3.05, 3.63) is 40.1 Å². The van der Waals surface area contributed by atoms with Crippen LogP contribution in [0.25, 0.3) is 0 Å². The normalized spacial score (nSPS) is 20.9. The van der Waals surface area contributed by atoms with Crippen molar-refractivity contribution in [2.45, 2.75) is 12.3 Å². The number of rotatable bonds is 3. The van der Waals surface area contributed by atoms with Gasteiger partial charge in [0.25, 0.3) is 5.37 Å². The molecule has 0 aliphatic carbocycles. The smallest absolute Gasteiger partial charge is 0.347 e. The second-order valence-corrected chi connectivity index (χ2v) is 5.53. The number of halogens is 1. The van der Waals surface area contributed by atoms with Gasteiger partial charge >= 0.3 is 11.9 Å². The lowest BCUT2D eigenvalue weighted by atomic mass is 10.4. The highest BCUT2D eigenvalue weighted by Crippen LogP contribution is 2.35. The van der Waals surface area contributed by atoms with E-state index in [0.29, 0.717) is 5.03 Å². The predicted octanol–water partition coefficient (Wildman–Crippen LogP) is 1.46. The fourth-order valence-corrected chi connectivity index (χ4v) is 3.02. The number of ether oxygens (including phenoxy) is 1. The molecule has 100 valence electrons. The van der Waals surface area contributed by atoms with Crippen molar-refractivity contribution in [2.24, 2.45) is 0 Å². The molecular weight excluding hydrogens is 332 g/mol. The van der Waals surface area contributed by atoms with Crippen LogP contribution in [0, 0.1) is 0 Å². The van der Waals surface area contributed by atoms with Crippen molar-refractivity contribution in [1.82, 2.24) is 5.32 Å². The molecule has 1 atom stereocenters. The molecule has 0 radical (unpaired) electrons. The second-order valence-electron chi connectivity index (χ2n) is 3.65. The zero-order chi connectivity index (χ0) is 13.8. The second kappa shape index (κ2) is 6.21. The first-order valence-corrected chi connectivity index (χ1v) is 7.31. The molecular formula is C12H12BrN2O3S+. The number of hydrogen-bond acceptors (Lipinski definition) is 4. The van der Waals surface area contributed by atoms with E-state index in [4.69, 9.17) is 4.74 Å². The number of nitrogens with one attached hydrogen (secondary N) is 1. The Morgan fingerprint density at radius 1 is 1.47 bits per heavy atom. The third-order valence-corrected chi connectivity index (χ3v) is 4.56. The van der Waals surface area contributed by atoms with Crippen molar-refractivity contribution < 1.29 is 18.9 Å². The Kier molecular flexibility index (Phi) is 4.60. The van der Waals surface area contributed by atoms with Gasteiger partial charge in [-0.15, -0.1) is 0 Å². The number of nitrogens with zero attached hydrogens (tertiary/aromatic N) is 1. The first-order chi connectivity index (χ1) is 9.13. The molecule has 1 aromatic rings. The van der Waals surface area contributed by atoms with Gasteiger partial charge in [0.2, 0.25) is 0 Å². The van der Waals surface area contributed by atoms with Crippen LogP contribution in [0.15, 0.2) is 40.1 Å². The molecule has 0 spiro atoms. The molecule has 1 saturated heterocycles. The van der Waals surface area contributed by atoms with Gasteiger partial charge in [0.1, 0.15) is 9.51 Å². The van der Waals surface area contributed by atoms with Crippen LogP contribution >= 0.6 is 27.7 Å².